The van der Waals surface area contributed by atoms with Gasteiger partial charge in [0.25, 0.3) is 11.7 Å². The minimum absolute atomic E-state index is 0.00213. The molecule has 1 aromatic heterocycles. The summed E-state index contributed by atoms with van der Waals surface area (Å²) in [6, 6.07) is 7.97. The Labute approximate surface area is 215 Å². The molecule has 0 aliphatic carbocycles. The van der Waals surface area contributed by atoms with Gasteiger partial charge in [-0.3, -0.25) is 14.5 Å². The molecule has 3 aromatic rings. The number of hydrogen-bond donors (Lipinski definition) is 1. The van der Waals surface area contributed by atoms with E-state index in [2.05, 4.69) is 0 Å². The number of carbonyl (C=O) groups excluding carboxylic acids is 2. The van der Waals surface area contributed by atoms with Crippen LogP contribution in [0.25, 0.3) is 5.76 Å². The Balaban J connectivity index is 1.98. The summed E-state index contributed by atoms with van der Waals surface area (Å²) < 4.78 is 21.3. The number of aliphatic hydroxyl groups excluding tert-OH is 1. The molecule has 1 fully saturated rings. The largest absolute Gasteiger partial charge is 0.507 e. The molecule has 2 aromatic carbocycles. The van der Waals surface area contributed by atoms with E-state index < -0.39 is 23.5 Å². The second kappa shape index (κ2) is 9.73. The van der Waals surface area contributed by atoms with Crippen LogP contribution in [0.2, 0.25) is 15.1 Å². The van der Waals surface area contributed by atoms with Crippen molar-refractivity contribution in [3.8, 4) is 17.2 Å². The van der Waals surface area contributed by atoms with E-state index in [9.17, 15) is 14.7 Å². The number of methoxy groups -OCH3 is 3. The quantitative estimate of drug-likeness (QED) is 0.237. The number of ether oxygens (including phenoxy) is 3. The third-order valence-corrected chi connectivity index (χ3v) is 6.38. The zero-order valence-corrected chi connectivity index (χ0v) is 20.9. The lowest BCUT2D eigenvalue weighted by Crippen LogP contribution is -2.29. The molecule has 0 bridgehead atoms. The predicted molar refractivity (Wildman–Crippen MR) is 131 cm³/mol. The van der Waals surface area contributed by atoms with Crippen LogP contribution in [-0.2, 0) is 9.59 Å². The molecule has 8 nitrogen and oxygen atoms in total. The number of halogens is 3. The lowest BCUT2D eigenvalue weighted by molar-refractivity contribution is -0.132. The number of ketones is 1. The van der Waals surface area contributed by atoms with E-state index in [0.29, 0.717) is 5.75 Å². The highest BCUT2D eigenvalue weighted by Gasteiger charge is 2.48. The molecule has 0 spiro atoms. The van der Waals surface area contributed by atoms with Gasteiger partial charge in [0.1, 0.15) is 28.3 Å². The van der Waals surface area contributed by atoms with E-state index in [4.69, 9.17) is 53.4 Å². The van der Waals surface area contributed by atoms with Crippen LogP contribution in [0.15, 0.2) is 52.7 Å². The Bertz CT molecular complexity index is 1350. The van der Waals surface area contributed by atoms with Gasteiger partial charge in [0.05, 0.1) is 48.8 Å². The maximum absolute atomic E-state index is 13.3. The van der Waals surface area contributed by atoms with Crippen molar-refractivity contribution in [1.82, 2.24) is 0 Å². The number of Topliss-reactive ketones (excluding diaryl/α,β-unsaturated/α-hetero) is 1. The maximum Gasteiger partial charge on any atom is 0.300 e. The molecule has 2 heterocycles. The highest BCUT2D eigenvalue weighted by Crippen LogP contribution is 2.48. The van der Waals surface area contributed by atoms with Gasteiger partial charge in [-0.25, -0.2) is 0 Å². The van der Waals surface area contributed by atoms with E-state index in [-0.39, 0.29) is 49.2 Å². The molecular formula is C24H18Cl3NO7. The second-order valence-electron chi connectivity index (χ2n) is 7.29. The monoisotopic (exact) mass is 537 g/mol. The highest BCUT2D eigenvalue weighted by molar-refractivity contribution is 6.52. The molecule has 1 N–H and O–H groups in total. The SMILES string of the molecule is COc1ccc(N2C(=O)C(=O)/C(=C(\O)c3cc(Cl)c(OC)c(Cl)c3OC)C2c2ccco2)cc1Cl. The first-order chi connectivity index (χ1) is 16.7. The van der Waals surface area contributed by atoms with Gasteiger partial charge in [-0.05, 0) is 36.4 Å². The van der Waals surface area contributed by atoms with E-state index in [1.807, 2.05) is 0 Å². The van der Waals surface area contributed by atoms with E-state index in [0.717, 1.165) is 0 Å². The van der Waals surface area contributed by atoms with Crippen molar-refractivity contribution >= 4 is 57.9 Å². The fourth-order valence-corrected chi connectivity index (χ4v) is 4.85. The molecule has 182 valence electrons. The average Bonchev–Trinajstić information content (AvgIpc) is 3.45. The van der Waals surface area contributed by atoms with Crippen LogP contribution in [0.1, 0.15) is 17.4 Å². The van der Waals surface area contributed by atoms with Crippen LogP contribution >= 0.6 is 34.8 Å². The number of rotatable bonds is 6. The Hall–Kier alpha value is -3.33. The zero-order chi connectivity index (χ0) is 25.4. The Morgan fingerprint density at radius 3 is 2.26 bits per heavy atom. The molecule has 35 heavy (non-hydrogen) atoms. The van der Waals surface area contributed by atoms with Gasteiger partial charge < -0.3 is 23.7 Å². The summed E-state index contributed by atoms with van der Waals surface area (Å²) in [5.41, 5.74) is 0.0224. The fraction of sp³-hybridized carbons (Fsp3) is 0.167. The van der Waals surface area contributed by atoms with Crippen molar-refractivity contribution in [1.29, 1.82) is 0 Å². The molecule has 4 rings (SSSR count). The van der Waals surface area contributed by atoms with Gasteiger partial charge in [-0.2, -0.15) is 0 Å². The highest BCUT2D eigenvalue weighted by atomic mass is 35.5. The number of amides is 1. The summed E-state index contributed by atoms with van der Waals surface area (Å²) in [4.78, 5) is 27.7. The zero-order valence-electron chi connectivity index (χ0n) is 18.6. The van der Waals surface area contributed by atoms with Crippen LogP contribution in [0.5, 0.6) is 17.2 Å². The Morgan fingerprint density at radius 1 is 0.971 bits per heavy atom. The van der Waals surface area contributed by atoms with Crippen molar-refractivity contribution in [2.45, 2.75) is 6.04 Å². The molecular weight excluding hydrogens is 521 g/mol. The smallest absolute Gasteiger partial charge is 0.300 e. The summed E-state index contributed by atoms with van der Waals surface area (Å²) in [5.74, 6) is -1.69. The lowest BCUT2D eigenvalue weighted by Gasteiger charge is -2.24. The van der Waals surface area contributed by atoms with E-state index in [1.54, 1.807) is 24.3 Å². The molecule has 0 saturated carbocycles. The molecule has 1 aliphatic heterocycles. The number of carbonyl (C=O) groups is 2. The van der Waals surface area contributed by atoms with Crippen molar-refractivity contribution in [3.63, 3.8) is 0 Å². The number of nitrogens with zero attached hydrogens (tertiary/aromatic N) is 1. The van der Waals surface area contributed by atoms with Crippen molar-refractivity contribution < 1.29 is 33.3 Å². The summed E-state index contributed by atoms with van der Waals surface area (Å²) >= 11 is 18.9. The van der Waals surface area contributed by atoms with Crippen molar-refractivity contribution in [3.05, 3.63) is 74.6 Å². The van der Waals surface area contributed by atoms with Crippen LogP contribution < -0.4 is 19.1 Å². The maximum atomic E-state index is 13.3. The molecule has 1 amide bonds. The minimum atomic E-state index is -1.13. The number of furan rings is 1. The number of anilines is 1. The minimum Gasteiger partial charge on any atom is -0.507 e. The molecule has 1 atom stereocenters. The summed E-state index contributed by atoms with van der Waals surface area (Å²) in [7, 11) is 4.15. The van der Waals surface area contributed by atoms with E-state index in [1.165, 1.54) is 44.6 Å². The average molecular weight is 539 g/mol. The number of hydrogen-bond acceptors (Lipinski definition) is 7. The fourth-order valence-electron chi connectivity index (χ4n) is 3.91. The summed E-state index contributed by atoms with van der Waals surface area (Å²) in [6.07, 6.45) is 1.39. The third-order valence-electron chi connectivity index (χ3n) is 5.47. The third kappa shape index (κ3) is 4.07. The molecule has 1 saturated heterocycles. The summed E-state index contributed by atoms with van der Waals surface area (Å²) in [5, 5.41) is 11.6. The lowest BCUT2D eigenvalue weighted by atomic mass is 9.98. The molecule has 1 unspecified atom stereocenters. The Kier molecular flexibility index (Phi) is 6.89. The van der Waals surface area contributed by atoms with Gasteiger partial charge in [0.15, 0.2) is 11.5 Å². The molecule has 11 heteroatoms. The predicted octanol–water partition coefficient (Wildman–Crippen LogP) is 5.89. The van der Waals surface area contributed by atoms with E-state index >= 15 is 0 Å². The topological polar surface area (TPSA) is 98.4 Å². The first-order valence-corrected chi connectivity index (χ1v) is 11.2. The van der Waals surface area contributed by atoms with Crippen LogP contribution in [0, 0.1) is 0 Å². The number of benzene rings is 2. The van der Waals surface area contributed by atoms with Crippen LogP contribution in [0.3, 0.4) is 0 Å². The second-order valence-corrected chi connectivity index (χ2v) is 8.48. The summed E-state index contributed by atoms with van der Waals surface area (Å²) in [6.45, 7) is 0. The normalized spacial score (nSPS) is 17.1. The van der Waals surface area contributed by atoms with Gasteiger partial charge in [-0.15, -0.1) is 0 Å². The van der Waals surface area contributed by atoms with Crippen LogP contribution in [-0.4, -0.2) is 38.1 Å². The van der Waals surface area contributed by atoms with Gasteiger partial charge >= 0.3 is 0 Å². The van der Waals surface area contributed by atoms with Gasteiger partial charge in [0.2, 0.25) is 0 Å². The molecule has 0 radical (unpaired) electrons. The standard InChI is InChI=1S/C24H18Cl3NO7/c1-32-15-7-6-11(9-13(15)25)28-19(16-5-4-8-35-16)17(21(30)24(28)31)20(29)12-10-14(26)23(34-3)18(27)22(12)33-2/h4-10,19,29H,1-3H3/b20-17-. The molecule has 1 aliphatic rings. The Morgan fingerprint density at radius 2 is 1.69 bits per heavy atom. The first kappa shape index (κ1) is 24.8. The van der Waals surface area contributed by atoms with Gasteiger partial charge in [-0.1, -0.05) is 34.8 Å². The first-order valence-electron chi connectivity index (χ1n) is 10.0. The van der Waals surface area contributed by atoms with Crippen LogP contribution in [0.4, 0.5) is 5.69 Å². The number of aliphatic hydroxyl groups is 1. The van der Waals surface area contributed by atoms with Crippen molar-refractivity contribution in [2.24, 2.45) is 0 Å². The van der Waals surface area contributed by atoms with Gasteiger partial charge in [0, 0.05) is 5.69 Å². The van der Waals surface area contributed by atoms with Crippen molar-refractivity contribution in [2.75, 3.05) is 26.2 Å².